The van der Waals surface area contributed by atoms with E-state index < -0.39 is 0 Å². The van der Waals surface area contributed by atoms with Gasteiger partial charge in [0.1, 0.15) is 5.72 Å². The lowest BCUT2D eigenvalue weighted by molar-refractivity contribution is -0.0856. The van der Waals surface area contributed by atoms with Gasteiger partial charge in [-0.1, -0.05) is 0 Å². The van der Waals surface area contributed by atoms with Crippen molar-refractivity contribution in [3.8, 4) is 0 Å². The molecule has 0 saturated carbocycles. The number of ether oxygens (including phenoxy) is 1. The van der Waals surface area contributed by atoms with E-state index in [-0.39, 0.29) is 28.9 Å². The van der Waals surface area contributed by atoms with Crippen LogP contribution in [0.25, 0.3) is 0 Å². The minimum atomic E-state index is -0.302. The van der Waals surface area contributed by atoms with Crippen molar-refractivity contribution in [1.82, 2.24) is 10.6 Å². The first-order chi connectivity index (χ1) is 7.60. The van der Waals surface area contributed by atoms with Crippen molar-refractivity contribution in [3.63, 3.8) is 0 Å². The highest BCUT2D eigenvalue weighted by Gasteiger charge is 2.54. The third-order valence-corrected chi connectivity index (χ3v) is 3.68. The SMILES string of the molecule is CC1(C)CC2(CC(C)(C)N1)NC(C)(CO)CO2. The minimum Gasteiger partial charge on any atom is -0.394 e. The second-order valence-electron chi connectivity index (χ2n) is 7.37. The molecule has 2 aliphatic rings. The first-order valence-corrected chi connectivity index (χ1v) is 6.43. The zero-order valence-corrected chi connectivity index (χ0v) is 11.7. The summed E-state index contributed by atoms with van der Waals surface area (Å²) in [6.45, 7) is 11.5. The van der Waals surface area contributed by atoms with Crippen LogP contribution >= 0.6 is 0 Å². The number of aliphatic hydroxyl groups is 1. The van der Waals surface area contributed by atoms with Crippen molar-refractivity contribution in [3.05, 3.63) is 0 Å². The summed E-state index contributed by atoms with van der Waals surface area (Å²) in [6, 6.07) is 0. The standard InChI is InChI=1S/C13H26N2O2/c1-10(2)6-13(7-11(3,4)14-10)15-12(5,8-16)9-17-13/h14-16H,6-9H2,1-5H3. The molecule has 0 aromatic heterocycles. The van der Waals surface area contributed by atoms with Crippen molar-refractivity contribution < 1.29 is 9.84 Å². The van der Waals surface area contributed by atoms with Gasteiger partial charge in [-0.05, 0) is 34.6 Å². The molecule has 2 heterocycles. The molecule has 4 heteroatoms. The Morgan fingerprint density at radius 2 is 1.53 bits per heavy atom. The number of nitrogens with one attached hydrogen (secondary N) is 2. The largest absolute Gasteiger partial charge is 0.394 e. The van der Waals surface area contributed by atoms with Gasteiger partial charge in [-0.15, -0.1) is 0 Å². The Hall–Kier alpha value is -0.160. The van der Waals surface area contributed by atoms with Gasteiger partial charge in [-0.3, -0.25) is 5.32 Å². The maximum atomic E-state index is 9.44. The Bertz CT molecular complexity index is 299. The zero-order valence-electron chi connectivity index (χ0n) is 11.7. The summed E-state index contributed by atoms with van der Waals surface area (Å²) < 4.78 is 6.05. The summed E-state index contributed by atoms with van der Waals surface area (Å²) in [4.78, 5) is 0. The maximum absolute atomic E-state index is 9.44. The molecule has 4 nitrogen and oxygen atoms in total. The highest BCUT2D eigenvalue weighted by molar-refractivity contribution is 5.09. The highest BCUT2D eigenvalue weighted by atomic mass is 16.5. The van der Waals surface area contributed by atoms with Gasteiger partial charge in [0.15, 0.2) is 0 Å². The maximum Gasteiger partial charge on any atom is 0.123 e. The van der Waals surface area contributed by atoms with E-state index >= 15 is 0 Å². The molecule has 2 aliphatic heterocycles. The van der Waals surface area contributed by atoms with E-state index in [4.69, 9.17) is 4.74 Å². The Kier molecular flexibility index (Phi) is 2.86. The normalized spacial score (nSPS) is 38.5. The Balaban J connectivity index is 2.22. The van der Waals surface area contributed by atoms with Crippen LogP contribution in [-0.2, 0) is 4.74 Å². The lowest BCUT2D eigenvalue weighted by atomic mass is 9.77. The minimum absolute atomic E-state index is 0.0372. The van der Waals surface area contributed by atoms with Crippen molar-refractivity contribution in [2.75, 3.05) is 13.2 Å². The van der Waals surface area contributed by atoms with E-state index in [1.165, 1.54) is 0 Å². The predicted octanol–water partition coefficient (Wildman–Crippen LogP) is 0.994. The van der Waals surface area contributed by atoms with Gasteiger partial charge in [0.25, 0.3) is 0 Å². The molecule has 2 fully saturated rings. The first-order valence-electron chi connectivity index (χ1n) is 6.43. The van der Waals surface area contributed by atoms with Gasteiger partial charge in [-0.2, -0.15) is 0 Å². The van der Waals surface area contributed by atoms with E-state index in [9.17, 15) is 5.11 Å². The molecule has 2 rings (SSSR count). The lowest BCUT2D eigenvalue weighted by Crippen LogP contribution is -2.68. The molecule has 0 aromatic rings. The second kappa shape index (κ2) is 3.67. The molecule has 2 saturated heterocycles. The van der Waals surface area contributed by atoms with E-state index in [0.717, 1.165) is 12.8 Å². The molecule has 100 valence electrons. The fourth-order valence-electron chi connectivity index (χ4n) is 3.69. The summed E-state index contributed by atoms with van der Waals surface area (Å²) in [7, 11) is 0. The number of aliphatic hydroxyl groups excluding tert-OH is 1. The molecular weight excluding hydrogens is 216 g/mol. The van der Waals surface area contributed by atoms with Crippen molar-refractivity contribution in [2.24, 2.45) is 0 Å². The van der Waals surface area contributed by atoms with Gasteiger partial charge in [0.2, 0.25) is 0 Å². The number of hydrogen-bond acceptors (Lipinski definition) is 4. The molecule has 0 aliphatic carbocycles. The van der Waals surface area contributed by atoms with Gasteiger partial charge in [0.05, 0.1) is 18.8 Å². The molecule has 1 atom stereocenters. The number of piperidine rings is 1. The summed E-state index contributed by atoms with van der Waals surface area (Å²) in [5.74, 6) is 0. The van der Waals surface area contributed by atoms with Crippen molar-refractivity contribution in [2.45, 2.75) is 69.8 Å². The summed E-state index contributed by atoms with van der Waals surface area (Å²) in [5.41, 5.74) is -0.524. The van der Waals surface area contributed by atoms with Gasteiger partial charge < -0.3 is 15.2 Å². The number of hydrogen-bond donors (Lipinski definition) is 3. The fourth-order valence-corrected chi connectivity index (χ4v) is 3.69. The molecule has 0 aromatic carbocycles. The second-order valence-corrected chi connectivity index (χ2v) is 7.37. The molecule has 1 unspecified atom stereocenters. The topological polar surface area (TPSA) is 53.5 Å². The van der Waals surface area contributed by atoms with Crippen LogP contribution in [0.1, 0.15) is 47.5 Å². The molecular formula is C13H26N2O2. The van der Waals surface area contributed by atoms with Crippen molar-refractivity contribution in [1.29, 1.82) is 0 Å². The van der Waals surface area contributed by atoms with Crippen LogP contribution in [0.3, 0.4) is 0 Å². The monoisotopic (exact) mass is 242 g/mol. The van der Waals surface area contributed by atoms with Crippen LogP contribution in [-0.4, -0.2) is 40.7 Å². The van der Waals surface area contributed by atoms with Crippen LogP contribution in [0.4, 0.5) is 0 Å². The first kappa shape index (κ1) is 13.3. The average molecular weight is 242 g/mol. The third kappa shape index (κ3) is 2.65. The number of rotatable bonds is 1. The Morgan fingerprint density at radius 3 is 1.94 bits per heavy atom. The Labute approximate surface area is 104 Å². The predicted molar refractivity (Wildman–Crippen MR) is 67.8 cm³/mol. The summed E-state index contributed by atoms with van der Waals surface area (Å²) >= 11 is 0. The van der Waals surface area contributed by atoms with E-state index in [2.05, 4.69) is 38.3 Å². The van der Waals surface area contributed by atoms with Crippen molar-refractivity contribution >= 4 is 0 Å². The Morgan fingerprint density at radius 1 is 1.00 bits per heavy atom. The smallest absolute Gasteiger partial charge is 0.123 e. The van der Waals surface area contributed by atoms with E-state index in [1.54, 1.807) is 0 Å². The quantitative estimate of drug-likeness (QED) is 0.642. The fraction of sp³-hybridized carbons (Fsp3) is 1.00. The molecule has 0 bridgehead atoms. The van der Waals surface area contributed by atoms with Crippen LogP contribution in [0.15, 0.2) is 0 Å². The lowest BCUT2D eigenvalue weighted by Gasteiger charge is -2.51. The van der Waals surface area contributed by atoms with Crippen LogP contribution < -0.4 is 10.6 Å². The van der Waals surface area contributed by atoms with E-state index in [1.807, 2.05) is 6.92 Å². The molecule has 0 amide bonds. The highest BCUT2D eigenvalue weighted by Crippen LogP contribution is 2.41. The zero-order chi connectivity index (χ0) is 12.9. The van der Waals surface area contributed by atoms with Gasteiger partial charge >= 0.3 is 0 Å². The molecule has 0 radical (unpaired) electrons. The average Bonchev–Trinajstić information content (AvgIpc) is 2.38. The molecule has 1 spiro atoms. The van der Waals surface area contributed by atoms with Crippen LogP contribution in [0.5, 0.6) is 0 Å². The van der Waals surface area contributed by atoms with Crippen LogP contribution in [0.2, 0.25) is 0 Å². The van der Waals surface area contributed by atoms with Crippen LogP contribution in [0, 0.1) is 0 Å². The third-order valence-electron chi connectivity index (χ3n) is 3.68. The summed E-state index contributed by atoms with van der Waals surface area (Å²) in [6.07, 6.45) is 1.83. The van der Waals surface area contributed by atoms with Gasteiger partial charge in [-0.25, -0.2) is 0 Å². The summed E-state index contributed by atoms with van der Waals surface area (Å²) in [5, 5.41) is 16.6. The van der Waals surface area contributed by atoms with E-state index in [0.29, 0.717) is 6.61 Å². The van der Waals surface area contributed by atoms with Gasteiger partial charge in [0, 0.05) is 23.9 Å². The molecule has 3 N–H and O–H groups in total. The molecule has 17 heavy (non-hydrogen) atoms.